The molecule has 2 rings (SSSR count). The summed E-state index contributed by atoms with van der Waals surface area (Å²) in [7, 11) is 0. The number of hydroxylamine groups is 2. The Morgan fingerprint density at radius 2 is 1.83 bits per heavy atom. The largest absolute Gasteiger partial charge is 0.595 e. The third kappa shape index (κ3) is 3.24. The second kappa shape index (κ2) is 6.46. The van der Waals surface area contributed by atoms with E-state index in [9.17, 15) is 25.5 Å². The molecule has 124 valence electrons. The van der Waals surface area contributed by atoms with Crippen LogP contribution in [0.2, 0.25) is 0 Å². The molecule has 0 saturated heterocycles. The molecule has 1 aliphatic rings. The average Bonchev–Trinajstić information content (AvgIpc) is 2.45. The number of benzene rings is 1. The van der Waals surface area contributed by atoms with Crippen LogP contribution >= 0.6 is 0 Å². The summed E-state index contributed by atoms with van der Waals surface area (Å²) in [5.74, 6) is -2.31. The van der Waals surface area contributed by atoms with Gasteiger partial charge in [0.1, 0.15) is 0 Å². The lowest BCUT2D eigenvalue weighted by atomic mass is 9.84. The van der Waals surface area contributed by atoms with Crippen LogP contribution in [0.25, 0.3) is 0 Å². The van der Waals surface area contributed by atoms with E-state index in [1.54, 1.807) is 13.8 Å². The molecule has 0 amide bonds. The lowest BCUT2D eigenvalue weighted by Crippen LogP contribution is -3.03. The predicted molar refractivity (Wildman–Crippen MR) is 77.2 cm³/mol. The van der Waals surface area contributed by atoms with Gasteiger partial charge in [-0.15, -0.1) is 0 Å². The van der Waals surface area contributed by atoms with E-state index in [-0.39, 0.29) is 17.0 Å². The SMILES string of the molecule is CC1=C(C(=O)O)[C@H](c2cccc([NH+]([O-])O)c2)C([NH+]([O-])O)=C(C)N1. The zero-order valence-corrected chi connectivity index (χ0v) is 12.5. The number of quaternary nitrogens is 2. The van der Waals surface area contributed by atoms with Crippen LogP contribution in [0.15, 0.2) is 46.9 Å². The van der Waals surface area contributed by atoms with Gasteiger partial charge in [0.25, 0.3) is 0 Å². The summed E-state index contributed by atoms with van der Waals surface area (Å²) in [5.41, 5.74) is 0.688. The third-order valence-corrected chi connectivity index (χ3v) is 3.69. The van der Waals surface area contributed by atoms with Gasteiger partial charge >= 0.3 is 5.97 Å². The quantitative estimate of drug-likeness (QED) is 0.395. The van der Waals surface area contributed by atoms with E-state index < -0.39 is 22.3 Å². The van der Waals surface area contributed by atoms with Crippen LogP contribution in [-0.4, -0.2) is 21.5 Å². The molecule has 3 atom stereocenters. The number of allylic oxidation sites excluding steroid dienone is 3. The number of carbonyl (C=O) groups is 1. The number of hydrogen-bond donors (Lipinski definition) is 6. The van der Waals surface area contributed by atoms with Gasteiger partial charge < -0.3 is 20.8 Å². The Hall–Kier alpha value is -2.27. The molecule has 1 aromatic carbocycles. The van der Waals surface area contributed by atoms with Crippen LogP contribution in [0.3, 0.4) is 0 Å². The Morgan fingerprint density at radius 3 is 2.35 bits per heavy atom. The molecule has 0 bridgehead atoms. The minimum Gasteiger partial charge on any atom is -0.595 e. The Balaban J connectivity index is 2.67. The first-order valence-electron chi connectivity index (χ1n) is 6.72. The van der Waals surface area contributed by atoms with Gasteiger partial charge in [-0.25, -0.2) is 15.2 Å². The van der Waals surface area contributed by atoms with E-state index in [1.165, 1.54) is 24.3 Å². The first-order valence-corrected chi connectivity index (χ1v) is 6.72. The Labute approximate surface area is 131 Å². The van der Waals surface area contributed by atoms with Gasteiger partial charge in [0, 0.05) is 17.8 Å². The van der Waals surface area contributed by atoms with Gasteiger partial charge in [0.05, 0.1) is 17.2 Å². The van der Waals surface area contributed by atoms with Crippen LogP contribution in [0.1, 0.15) is 25.3 Å². The second-order valence-electron chi connectivity index (χ2n) is 5.18. The normalized spacial score (nSPS) is 21.0. The van der Waals surface area contributed by atoms with Gasteiger partial charge in [0.15, 0.2) is 11.4 Å². The van der Waals surface area contributed by atoms with Crippen molar-refractivity contribution < 1.29 is 30.8 Å². The number of hydrogen-bond acceptors (Lipinski definition) is 6. The fourth-order valence-electron chi connectivity index (χ4n) is 2.75. The van der Waals surface area contributed by atoms with Crippen molar-refractivity contribution in [1.82, 2.24) is 5.32 Å². The molecular formula is C14H17N3O6. The minimum atomic E-state index is -1.26. The topological polar surface area (TPSA) is 145 Å². The van der Waals surface area contributed by atoms with Gasteiger partial charge in [-0.3, -0.25) is 0 Å². The summed E-state index contributed by atoms with van der Waals surface area (Å²) in [6.07, 6.45) is 0. The maximum atomic E-state index is 11.6. The van der Waals surface area contributed by atoms with E-state index >= 15 is 0 Å². The molecule has 2 unspecified atom stereocenters. The van der Waals surface area contributed by atoms with Crippen molar-refractivity contribution >= 4 is 11.7 Å². The highest BCUT2D eigenvalue weighted by molar-refractivity contribution is 5.90. The summed E-state index contributed by atoms with van der Waals surface area (Å²) in [5, 5.41) is 51.1. The average molecular weight is 323 g/mol. The van der Waals surface area contributed by atoms with Crippen LogP contribution in [0.4, 0.5) is 5.69 Å². The van der Waals surface area contributed by atoms with Crippen LogP contribution in [-0.2, 0) is 4.79 Å². The molecule has 1 aromatic rings. The number of rotatable bonds is 4. The van der Waals surface area contributed by atoms with E-state index in [0.717, 1.165) is 0 Å². The van der Waals surface area contributed by atoms with E-state index in [0.29, 0.717) is 17.0 Å². The first-order chi connectivity index (χ1) is 10.7. The fourth-order valence-corrected chi connectivity index (χ4v) is 2.75. The van der Waals surface area contributed by atoms with Crippen molar-refractivity contribution in [3.63, 3.8) is 0 Å². The predicted octanol–water partition coefficient (Wildman–Crippen LogP) is -0.861. The first kappa shape index (κ1) is 17.1. The lowest BCUT2D eigenvalue weighted by molar-refractivity contribution is -1.02. The molecule has 23 heavy (non-hydrogen) atoms. The Morgan fingerprint density at radius 1 is 1.17 bits per heavy atom. The number of aliphatic carboxylic acids is 1. The highest BCUT2D eigenvalue weighted by atomic mass is 16.8. The third-order valence-electron chi connectivity index (χ3n) is 3.69. The second-order valence-corrected chi connectivity index (χ2v) is 5.18. The summed E-state index contributed by atoms with van der Waals surface area (Å²) < 4.78 is 0. The van der Waals surface area contributed by atoms with Crippen molar-refractivity contribution in [2.45, 2.75) is 19.8 Å². The maximum Gasteiger partial charge on any atom is 0.334 e. The number of dihydropyridines is 1. The van der Waals surface area contributed by atoms with Gasteiger partial charge in [-0.2, -0.15) is 10.5 Å². The van der Waals surface area contributed by atoms with E-state index in [4.69, 9.17) is 5.21 Å². The monoisotopic (exact) mass is 323 g/mol. The van der Waals surface area contributed by atoms with Crippen LogP contribution in [0.5, 0.6) is 0 Å². The summed E-state index contributed by atoms with van der Waals surface area (Å²) in [4.78, 5) is 11.6. The van der Waals surface area contributed by atoms with Crippen molar-refractivity contribution in [1.29, 1.82) is 0 Å². The fraction of sp³-hybridized carbons (Fsp3) is 0.214. The molecule has 1 aliphatic heterocycles. The standard InChI is InChI=1S/C14H17N3O6/c1-7-11(14(18)19)12(13(17(22)23)8(2)15-7)9-4-3-5-10(6-9)16(20)21/h3-6,12,15-17,20,22H,1-2H3,(H,18,19)/t12-/m0/s1. The highest BCUT2D eigenvalue weighted by Crippen LogP contribution is 2.35. The molecular weight excluding hydrogens is 306 g/mol. The Kier molecular flexibility index (Phi) is 4.80. The van der Waals surface area contributed by atoms with Crippen molar-refractivity contribution in [2.75, 3.05) is 0 Å². The molecule has 0 radical (unpaired) electrons. The molecule has 9 heteroatoms. The van der Waals surface area contributed by atoms with Crippen LogP contribution in [0, 0.1) is 10.4 Å². The zero-order valence-electron chi connectivity index (χ0n) is 12.5. The zero-order chi connectivity index (χ0) is 17.3. The van der Waals surface area contributed by atoms with Crippen LogP contribution < -0.4 is 15.8 Å². The van der Waals surface area contributed by atoms with Gasteiger partial charge in [-0.05, 0) is 19.4 Å². The van der Waals surface area contributed by atoms with Crippen molar-refractivity contribution in [3.8, 4) is 0 Å². The highest BCUT2D eigenvalue weighted by Gasteiger charge is 2.37. The number of carboxylic acid groups (broad SMARTS) is 1. The van der Waals surface area contributed by atoms with E-state index in [1.807, 2.05) is 0 Å². The maximum absolute atomic E-state index is 11.6. The summed E-state index contributed by atoms with van der Waals surface area (Å²) in [6, 6.07) is 5.64. The van der Waals surface area contributed by atoms with Crippen molar-refractivity contribution in [2.24, 2.45) is 0 Å². The molecule has 0 aromatic heterocycles. The molecule has 0 aliphatic carbocycles. The lowest BCUT2D eigenvalue weighted by Gasteiger charge is -2.31. The van der Waals surface area contributed by atoms with E-state index in [2.05, 4.69) is 5.32 Å². The smallest absolute Gasteiger partial charge is 0.334 e. The molecule has 0 saturated carbocycles. The minimum absolute atomic E-state index is 0.0363. The summed E-state index contributed by atoms with van der Waals surface area (Å²) >= 11 is 0. The van der Waals surface area contributed by atoms with Gasteiger partial charge in [0.2, 0.25) is 0 Å². The molecule has 6 N–H and O–H groups in total. The number of nitrogens with one attached hydrogen (secondary N) is 3. The molecule has 9 nitrogen and oxygen atoms in total. The molecule has 0 fully saturated rings. The number of carboxylic acids is 1. The summed E-state index contributed by atoms with van der Waals surface area (Å²) in [6.45, 7) is 3.08. The Bertz CT molecular complexity index is 696. The van der Waals surface area contributed by atoms with Gasteiger partial charge in [-0.1, -0.05) is 12.1 Å². The molecule has 1 heterocycles. The van der Waals surface area contributed by atoms with Crippen molar-refractivity contribution in [3.05, 3.63) is 62.9 Å². The molecule has 0 spiro atoms.